The molecule has 0 spiro atoms. The third-order valence-electron chi connectivity index (χ3n) is 2.26. The first-order chi connectivity index (χ1) is 8.50. The zero-order valence-corrected chi connectivity index (χ0v) is 9.24. The molecule has 0 bridgehead atoms. The van der Waals surface area contributed by atoms with Crippen molar-refractivity contribution < 1.29 is 17.7 Å². The molecule has 2 aromatic rings. The summed E-state index contributed by atoms with van der Waals surface area (Å²) < 4.78 is 41.0. The normalized spacial score (nSPS) is 11.5. The van der Waals surface area contributed by atoms with Crippen LogP contribution in [0.2, 0.25) is 0 Å². The molecule has 3 nitrogen and oxygen atoms in total. The molecule has 1 aromatic carbocycles. The average Bonchev–Trinajstić information content (AvgIpc) is 2.79. The minimum Gasteiger partial charge on any atom is -0.329 e. The van der Waals surface area contributed by atoms with E-state index in [1.165, 1.54) is 0 Å². The van der Waals surface area contributed by atoms with Gasteiger partial charge in [0.15, 0.2) is 0 Å². The topological polar surface area (TPSA) is 38.9 Å². The van der Waals surface area contributed by atoms with Gasteiger partial charge >= 0.3 is 12.1 Å². The summed E-state index contributed by atoms with van der Waals surface area (Å²) in [6.45, 7) is 3.60. The second-order valence-corrected chi connectivity index (χ2v) is 3.61. The van der Waals surface area contributed by atoms with Gasteiger partial charge in [-0.1, -0.05) is 35.5 Å². The van der Waals surface area contributed by atoms with Crippen molar-refractivity contribution in [2.75, 3.05) is 0 Å². The summed E-state index contributed by atoms with van der Waals surface area (Å²) in [5.74, 6) is -1.42. The highest BCUT2D eigenvalue weighted by Crippen LogP contribution is 2.29. The highest BCUT2D eigenvalue weighted by Gasteiger charge is 2.38. The first-order valence-corrected chi connectivity index (χ1v) is 5.12. The SMILES string of the molecule is C=CCc1ccc(-c2noc(C(F)(F)F)n2)cc1. The summed E-state index contributed by atoms with van der Waals surface area (Å²) in [5, 5.41) is 3.30. The molecule has 0 aliphatic heterocycles. The van der Waals surface area contributed by atoms with E-state index in [0.717, 1.165) is 5.56 Å². The van der Waals surface area contributed by atoms with Crippen LogP contribution in [0.5, 0.6) is 0 Å². The minimum atomic E-state index is -4.62. The molecule has 0 aliphatic carbocycles. The van der Waals surface area contributed by atoms with Crippen molar-refractivity contribution >= 4 is 0 Å². The summed E-state index contributed by atoms with van der Waals surface area (Å²) in [4.78, 5) is 3.30. The highest BCUT2D eigenvalue weighted by atomic mass is 19.4. The Balaban J connectivity index is 2.26. The number of nitrogens with zero attached hydrogens (tertiary/aromatic N) is 2. The van der Waals surface area contributed by atoms with Gasteiger partial charge in [0.2, 0.25) is 5.82 Å². The molecular weight excluding hydrogens is 245 g/mol. The van der Waals surface area contributed by atoms with Crippen LogP contribution in [0.3, 0.4) is 0 Å². The number of aromatic nitrogens is 2. The number of rotatable bonds is 3. The third kappa shape index (κ3) is 2.58. The van der Waals surface area contributed by atoms with Crippen molar-refractivity contribution in [3.8, 4) is 11.4 Å². The van der Waals surface area contributed by atoms with Crippen LogP contribution in [-0.4, -0.2) is 10.1 Å². The predicted molar refractivity (Wildman–Crippen MR) is 58.6 cm³/mol. The Morgan fingerprint density at radius 1 is 1.22 bits per heavy atom. The quantitative estimate of drug-likeness (QED) is 0.787. The number of halogens is 3. The molecule has 18 heavy (non-hydrogen) atoms. The van der Waals surface area contributed by atoms with Gasteiger partial charge in [-0.25, -0.2) is 0 Å². The smallest absolute Gasteiger partial charge is 0.329 e. The molecule has 0 N–H and O–H groups in total. The summed E-state index contributed by atoms with van der Waals surface area (Å²) >= 11 is 0. The van der Waals surface area contributed by atoms with Gasteiger partial charge in [0.25, 0.3) is 0 Å². The second-order valence-electron chi connectivity index (χ2n) is 3.61. The molecule has 0 fully saturated rings. The highest BCUT2D eigenvalue weighted by molar-refractivity contribution is 5.54. The molecule has 94 valence electrons. The zero-order chi connectivity index (χ0) is 13.2. The molecule has 1 heterocycles. The van der Waals surface area contributed by atoms with Gasteiger partial charge in [0, 0.05) is 5.56 Å². The van der Waals surface area contributed by atoms with Gasteiger partial charge in [-0.15, -0.1) is 6.58 Å². The number of alkyl halides is 3. The maximum atomic E-state index is 12.3. The van der Waals surface area contributed by atoms with Crippen LogP contribution in [0, 0.1) is 0 Å². The van der Waals surface area contributed by atoms with E-state index in [0.29, 0.717) is 12.0 Å². The first kappa shape index (κ1) is 12.3. The van der Waals surface area contributed by atoms with Crippen LogP contribution < -0.4 is 0 Å². The van der Waals surface area contributed by atoms with E-state index < -0.39 is 12.1 Å². The minimum absolute atomic E-state index is 0.0764. The molecule has 0 saturated heterocycles. The van der Waals surface area contributed by atoms with Crippen molar-refractivity contribution in [3.63, 3.8) is 0 Å². The lowest BCUT2D eigenvalue weighted by molar-refractivity contribution is -0.159. The summed E-state index contributed by atoms with van der Waals surface area (Å²) in [6.07, 6.45) is -2.18. The number of allylic oxidation sites excluding steroid dienone is 1. The van der Waals surface area contributed by atoms with E-state index in [1.54, 1.807) is 30.3 Å². The van der Waals surface area contributed by atoms with Gasteiger partial charge in [0.1, 0.15) is 0 Å². The van der Waals surface area contributed by atoms with Crippen LogP contribution in [-0.2, 0) is 12.6 Å². The lowest BCUT2D eigenvalue weighted by atomic mass is 10.1. The van der Waals surface area contributed by atoms with Gasteiger partial charge in [0.05, 0.1) is 0 Å². The van der Waals surface area contributed by atoms with Gasteiger partial charge < -0.3 is 4.52 Å². The molecule has 1 aromatic heterocycles. The Kier molecular flexibility index (Phi) is 3.18. The molecular formula is C12H9F3N2O. The molecule has 0 atom stereocenters. The fourth-order valence-electron chi connectivity index (χ4n) is 1.41. The Hall–Kier alpha value is -2.11. The summed E-state index contributed by atoms with van der Waals surface area (Å²) in [7, 11) is 0. The second kappa shape index (κ2) is 4.64. The molecule has 0 unspecified atom stereocenters. The van der Waals surface area contributed by atoms with Crippen LogP contribution in [0.1, 0.15) is 11.5 Å². The molecule has 2 rings (SSSR count). The van der Waals surface area contributed by atoms with E-state index >= 15 is 0 Å². The molecule has 6 heteroatoms. The summed E-state index contributed by atoms with van der Waals surface area (Å²) in [6, 6.07) is 6.84. The van der Waals surface area contributed by atoms with E-state index in [9.17, 15) is 13.2 Å². The molecule has 0 saturated carbocycles. The van der Waals surface area contributed by atoms with E-state index in [-0.39, 0.29) is 5.82 Å². The van der Waals surface area contributed by atoms with Crippen LogP contribution in [0.15, 0.2) is 41.4 Å². The van der Waals surface area contributed by atoms with Crippen molar-refractivity contribution in [1.82, 2.24) is 10.1 Å². The number of benzene rings is 1. The Morgan fingerprint density at radius 3 is 2.39 bits per heavy atom. The van der Waals surface area contributed by atoms with Crippen LogP contribution >= 0.6 is 0 Å². The monoisotopic (exact) mass is 254 g/mol. The Morgan fingerprint density at radius 2 is 1.89 bits per heavy atom. The maximum absolute atomic E-state index is 12.3. The van der Waals surface area contributed by atoms with Crippen molar-refractivity contribution in [3.05, 3.63) is 48.4 Å². The first-order valence-electron chi connectivity index (χ1n) is 5.12. The Bertz CT molecular complexity index is 543. The maximum Gasteiger partial charge on any atom is 0.471 e. The molecule has 0 aliphatic rings. The van der Waals surface area contributed by atoms with E-state index in [1.807, 2.05) is 0 Å². The van der Waals surface area contributed by atoms with E-state index in [2.05, 4.69) is 21.2 Å². The zero-order valence-electron chi connectivity index (χ0n) is 9.24. The predicted octanol–water partition coefficient (Wildman–Crippen LogP) is 3.48. The molecule has 0 radical (unpaired) electrons. The number of hydrogen-bond donors (Lipinski definition) is 0. The van der Waals surface area contributed by atoms with Gasteiger partial charge in [-0.2, -0.15) is 18.2 Å². The summed E-state index contributed by atoms with van der Waals surface area (Å²) in [5.41, 5.74) is 1.48. The van der Waals surface area contributed by atoms with Crippen LogP contribution in [0.4, 0.5) is 13.2 Å². The van der Waals surface area contributed by atoms with Crippen LogP contribution in [0.25, 0.3) is 11.4 Å². The van der Waals surface area contributed by atoms with E-state index in [4.69, 9.17) is 0 Å². The standard InChI is InChI=1S/C12H9F3N2O/c1-2-3-8-4-6-9(7-5-8)10-16-11(18-17-10)12(13,14)15/h2,4-7H,1,3H2. The number of hydrogen-bond acceptors (Lipinski definition) is 3. The van der Waals surface area contributed by atoms with Crippen molar-refractivity contribution in [1.29, 1.82) is 0 Å². The van der Waals surface area contributed by atoms with Crippen molar-refractivity contribution in [2.24, 2.45) is 0 Å². The fourth-order valence-corrected chi connectivity index (χ4v) is 1.41. The van der Waals surface area contributed by atoms with Gasteiger partial charge in [-0.3, -0.25) is 0 Å². The lowest BCUT2D eigenvalue weighted by Gasteiger charge is -1.98. The van der Waals surface area contributed by atoms with Gasteiger partial charge in [-0.05, 0) is 12.0 Å². The average molecular weight is 254 g/mol. The lowest BCUT2D eigenvalue weighted by Crippen LogP contribution is -2.04. The largest absolute Gasteiger partial charge is 0.471 e. The van der Waals surface area contributed by atoms with Crippen molar-refractivity contribution in [2.45, 2.75) is 12.6 Å². The fraction of sp³-hybridized carbons (Fsp3) is 0.167. The molecule has 0 amide bonds. The third-order valence-corrected chi connectivity index (χ3v) is 2.26. The Labute approximate surface area is 101 Å².